The van der Waals surface area contributed by atoms with Gasteiger partial charge in [-0.25, -0.2) is 0 Å². The van der Waals surface area contributed by atoms with Gasteiger partial charge in [-0.15, -0.1) is 0 Å². The van der Waals surface area contributed by atoms with Crippen LogP contribution in [0.3, 0.4) is 0 Å². The molecule has 0 radical (unpaired) electrons. The van der Waals surface area contributed by atoms with Crippen LogP contribution in [0.25, 0.3) is 0 Å². The Kier molecular flexibility index (Phi) is 5.45. The van der Waals surface area contributed by atoms with Crippen LogP contribution in [-0.2, 0) is 4.79 Å². The monoisotopic (exact) mass is 274 g/mol. The highest BCUT2D eigenvalue weighted by atomic mass is 16.2. The molecule has 2 rings (SSSR count). The highest BCUT2D eigenvalue weighted by Crippen LogP contribution is 2.29. The summed E-state index contributed by atoms with van der Waals surface area (Å²) in [6, 6.07) is 7.67. The Balaban J connectivity index is 2.07. The minimum atomic E-state index is 0.233. The molecule has 3 nitrogen and oxygen atoms in total. The molecule has 1 fully saturated rings. The van der Waals surface area contributed by atoms with Gasteiger partial charge in [0.05, 0.1) is 11.4 Å². The fourth-order valence-electron chi connectivity index (χ4n) is 3.08. The van der Waals surface area contributed by atoms with Gasteiger partial charge in [-0.3, -0.25) is 4.79 Å². The molecule has 1 aromatic carbocycles. The second kappa shape index (κ2) is 7.32. The quantitative estimate of drug-likeness (QED) is 0.825. The predicted octanol–water partition coefficient (Wildman–Crippen LogP) is 3.98. The van der Waals surface area contributed by atoms with E-state index >= 15 is 0 Å². The lowest BCUT2D eigenvalue weighted by Gasteiger charge is -2.27. The molecule has 0 spiro atoms. The number of anilines is 2. The summed E-state index contributed by atoms with van der Waals surface area (Å²) < 4.78 is 0. The van der Waals surface area contributed by atoms with E-state index in [2.05, 4.69) is 6.92 Å². The predicted molar refractivity (Wildman–Crippen MR) is 84.7 cm³/mol. The maximum atomic E-state index is 12.6. The number of benzene rings is 1. The second-order valence-corrected chi connectivity index (χ2v) is 5.81. The first-order valence-electron chi connectivity index (χ1n) is 7.87. The van der Waals surface area contributed by atoms with E-state index in [1.807, 2.05) is 29.2 Å². The lowest BCUT2D eigenvalue weighted by Crippen LogP contribution is -2.33. The van der Waals surface area contributed by atoms with E-state index in [0.29, 0.717) is 18.0 Å². The van der Waals surface area contributed by atoms with E-state index in [4.69, 9.17) is 5.73 Å². The number of hydrogen-bond acceptors (Lipinski definition) is 2. The highest BCUT2D eigenvalue weighted by Gasteiger charge is 2.22. The molecule has 0 atom stereocenters. The third kappa shape index (κ3) is 3.75. The summed E-state index contributed by atoms with van der Waals surface area (Å²) in [5, 5.41) is 0. The summed E-state index contributed by atoms with van der Waals surface area (Å²) >= 11 is 0. The molecule has 1 amide bonds. The van der Waals surface area contributed by atoms with Gasteiger partial charge in [0.1, 0.15) is 0 Å². The van der Waals surface area contributed by atoms with Gasteiger partial charge in [-0.2, -0.15) is 0 Å². The summed E-state index contributed by atoms with van der Waals surface area (Å²) in [4.78, 5) is 14.5. The number of carbonyl (C=O) groups is 1. The lowest BCUT2D eigenvalue weighted by atomic mass is 9.86. The molecule has 0 aromatic heterocycles. The van der Waals surface area contributed by atoms with Gasteiger partial charge in [0, 0.05) is 13.0 Å². The van der Waals surface area contributed by atoms with Crippen molar-refractivity contribution in [3.05, 3.63) is 24.3 Å². The lowest BCUT2D eigenvalue weighted by molar-refractivity contribution is -0.119. The Hall–Kier alpha value is -1.51. The van der Waals surface area contributed by atoms with E-state index in [9.17, 15) is 4.79 Å². The number of nitrogen functional groups attached to an aromatic ring is 1. The zero-order valence-electron chi connectivity index (χ0n) is 12.5. The maximum absolute atomic E-state index is 12.6. The number of carbonyl (C=O) groups excluding carboxylic acids is 1. The number of amides is 1. The van der Waals surface area contributed by atoms with Crippen molar-refractivity contribution in [3.8, 4) is 0 Å². The van der Waals surface area contributed by atoms with Crippen LogP contribution in [0, 0.1) is 5.92 Å². The summed E-state index contributed by atoms with van der Waals surface area (Å²) in [6.45, 7) is 2.85. The van der Waals surface area contributed by atoms with Crippen LogP contribution < -0.4 is 10.6 Å². The molecule has 1 aliphatic carbocycles. The molecule has 0 saturated heterocycles. The van der Waals surface area contributed by atoms with Gasteiger partial charge in [0.2, 0.25) is 5.91 Å². The van der Waals surface area contributed by atoms with Crippen LogP contribution >= 0.6 is 0 Å². The smallest absolute Gasteiger partial charge is 0.227 e. The van der Waals surface area contributed by atoms with Crippen LogP contribution in [-0.4, -0.2) is 12.5 Å². The number of rotatable bonds is 5. The van der Waals surface area contributed by atoms with Crippen molar-refractivity contribution in [1.82, 2.24) is 0 Å². The van der Waals surface area contributed by atoms with E-state index in [1.54, 1.807) is 0 Å². The average molecular weight is 274 g/mol. The van der Waals surface area contributed by atoms with Gasteiger partial charge >= 0.3 is 0 Å². The maximum Gasteiger partial charge on any atom is 0.227 e. The fourth-order valence-corrected chi connectivity index (χ4v) is 3.08. The normalized spacial score (nSPS) is 16.1. The number of nitrogens with two attached hydrogens (primary N) is 1. The van der Waals surface area contributed by atoms with Crippen molar-refractivity contribution in [2.24, 2.45) is 5.92 Å². The molecule has 0 unspecified atom stereocenters. The third-order valence-electron chi connectivity index (χ3n) is 4.16. The number of para-hydroxylation sites is 2. The largest absolute Gasteiger partial charge is 0.397 e. The van der Waals surface area contributed by atoms with E-state index in [-0.39, 0.29) is 5.91 Å². The fraction of sp³-hybridized carbons (Fsp3) is 0.588. The standard InChI is InChI=1S/C17H26N2O/c1-2-12-19(16-11-7-6-10-15(16)18)17(20)13-14-8-4-3-5-9-14/h6-7,10-11,14H,2-5,8-9,12-13,18H2,1H3. The number of nitrogens with zero attached hydrogens (tertiary/aromatic N) is 1. The van der Waals surface area contributed by atoms with Crippen molar-refractivity contribution in [3.63, 3.8) is 0 Å². The van der Waals surface area contributed by atoms with Crippen molar-refractivity contribution < 1.29 is 4.79 Å². The first-order valence-corrected chi connectivity index (χ1v) is 7.87. The molecule has 110 valence electrons. The molecule has 0 bridgehead atoms. The SMILES string of the molecule is CCCN(C(=O)CC1CCCCC1)c1ccccc1N. The molecule has 0 heterocycles. The first-order chi connectivity index (χ1) is 9.72. The Bertz CT molecular complexity index is 438. The van der Waals surface area contributed by atoms with Crippen molar-refractivity contribution in [2.45, 2.75) is 51.9 Å². The highest BCUT2D eigenvalue weighted by molar-refractivity contribution is 5.96. The molecular weight excluding hydrogens is 248 g/mol. The Morgan fingerprint density at radius 1 is 1.25 bits per heavy atom. The minimum Gasteiger partial charge on any atom is -0.397 e. The zero-order chi connectivity index (χ0) is 14.4. The second-order valence-electron chi connectivity index (χ2n) is 5.81. The molecule has 1 aromatic rings. The van der Waals surface area contributed by atoms with Crippen LogP contribution in [0.1, 0.15) is 51.9 Å². The van der Waals surface area contributed by atoms with Crippen LogP contribution in [0.5, 0.6) is 0 Å². The first kappa shape index (κ1) is 14.9. The van der Waals surface area contributed by atoms with Crippen molar-refractivity contribution in [1.29, 1.82) is 0 Å². The molecule has 2 N–H and O–H groups in total. The van der Waals surface area contributed by atoms with Crippen LogP contribution in [0.2, 0.25) is 0 Å². The van der Waals surface area contributed by atoms with Crippen molar-refractivity contribution >= 4 is 17.3 Å². The van der Waals surface area contributed by atoms with Gasteiger partial charge in [0.25, 0.3) is 0 Å². The van der Waals surface area contributed by atoms with Crippen molar-refractivity contribution in [2.75, 3.05) is 17.2 Å². The topological polar surface area (TPSA) is 46.3 Å². The van der Waals surface area contributed by atoms with E-state index in [1.165, 1.54) is 32.1 Å². The zero-order valence-corrected chi connectivity index (χ0v) is 12.5. The van der Waals surface area contributed by atoms with Crippen LogP contribution in [0.15, 0.2) is 24.3 Å². The summed E-state index contributed by atoms with van der Waals surface area (Å²) in [6.07, 6.45) is 7.92. The van der Waals surface area contributed by atoms with E-state index < -0.39 is 0 Å². The Labute approximate surface area is 122 Å². The van der Waals surface area contributed by atoms with Gasteiger partial charge in [-0.05, 0) is 37.3 Å². The average Bonchev–Trinajstić information content (AvgIpc) is 2.47. The van der Waals surface area contributed by atoms with E-state index in [0.717, 1.165) is 18.7 Å². The Morgan fingerprint density at radius 3 is 2.60 bits per heavy atom. The summed E-state index contributed by atoms with van der Waals surface area (Å²) in [7, 11) is 0. The van der Waals surface area contributed by atoms with Gasteiger partial charge in [0.15, 0.2) is 0 Å². The summed E-state index contributed by atoms with van der Waals surface area (Å²) in [5.74, 6) is 0.803. The molecule has 3 heteroatoms. The summed E-state index contributed by atoms with van der Waals surface area (Å²) in [5.41, 5.74) is 7.59. The molecule has 0 aliphatic heterocycles. The van der Waals surface area contributed by atoms with Gasteiger partial charge in [-0.1, -0.05) is 38.3 Å². The van der Waals surface area contributed by atoms with Crippen LogP contribution in [0.4, 0.5) is 11.4 Å². The molecule has 20 heavy (non-hydrogen) atoms. The van der Waals surface area contributed by atoms with Gasteiger partial charge < -0.3 is 10.6 Å². The molecular formula is C17H26N2O. The molecule has 1 saturated carbocycles. The minimum absolute atomic E-state index is 0.233. The molecule has 1 aliphatic rings. The Morgan fingerprint density at radius 2 is 1.95 bits per heavy atom. The third-order valence-corrected chi connectivity index (χ3v) is 4.16. The number of hydrogen-bond donors (Lipinski definition) is 1.